The van der Waals surface area contributed by atoms with Gasteiger partial charge in [0, 0.05) is 0 Å². The van der Waals surface area contributed by atoms with E-state index in [1.807, 2.05) is 5.31 Å². The summed E-state index contributed by atoms with van der Waals surface area (Å²) >= 11 is 0. The van der Waals surface area contributed by atoms with Crippen LogP contribution in [0.25, 0.3) is 0 Å². The quantitative estimate of drug-likeness (QED) is 0.433. The molecule has 0 saturated carbocycles. The van der Waals surface area contributed by atoms with Crippen LogP contribution in [-0.4, -0.2) is 18.5 Å². The monoisotopic (exact) mass is 410 g/mol. The Labute approximate surface area is 173 Å². The molecule has 2 heteroatoms. The zero-order valence-electron chi connectivity index (χ0n) is 17.8. The van der Waals surface area contributed by atoms with E-state index in [1.165, 1.54) is 38.3 Å². The molecule has 2 aromatic rings. The average Bonchev–Trinajstić information content (AvgIpc) is 3.33. The molecule has 0 N–H and O–H groups in total. The zero-order valence-corrected chi connectivity index (χ0v) is 19.7. The van der Waals surface area contributed by atoms with Crippen molar-refractivity contribution in [3.05, 3.63) is 82.9 Å². The summed E-state index contributed by atoms with van der Waals surface area (Å²) in [6, 6.07) is 22.7. The van der Waals surface area contributed by atoms with E-state index in [4.69, 9.17) is 0 Å². The van der Waals surface area contributed by atoms with Gasteiger partial charge in [0.15, 0.2) is 0 Å². The second kappa shape index (κ2) is 8.81. The van der Waals surface area contributed by atoms with Gasteiger partial charge in [-0.25, -0.2) is 0 Å². The van der Waals surface area contributed by atoms with Gasteiger partial charge >= 0.3 is 174 Å². The van der Waals surface area contributed by atoms with Gasteiger partial charge in [-0.1, -0.05) is 0 Å². The molecule has 2 fully saturated rings. The average molecular weight is 411 g/mol. The molecule has 150 valence electrons. The fraction of sp³-hybridized carbons (Fsp3) is 0.462. The van der Waals surface area contributed by atoms with Crippen molar-refractivity contribution in [2.75, 3.05) is 12.8 Å². The first kappa shape index (κ1) is 20.3. The van der Waals surface area contributed by atoms with Crippen molar-refractivity contribution >= 4 is 15.2 Å². The molecule has 2 aromatic carbocycles. The Hall–Kier alpha value is -0.960. The van der Waals surface area contributed by atoms with Crippen LogP contribution in [0.4, 0.5) is 0 Å². The van der Waals surface area contributed by atoms with Gasteiger partial charge < -0.3 is 0 Å². The summed E-state index contributed by atoms with van der Waals surface area (Å²) in [5, 5.41) is 1.83. The van der Waals surface area contributed by atoms with Gasteiger partial charge in [-0.05, 0) is 0 Å². The van der Waals surface area contributed by atoms with Crippen LogP contribution in [0.15, 0.2) is 71.8 Å². The molecule has 2 aliphatic heterocycles. The third-order valence-electron chi connectivity index (χ3n) is 7.69. The number of benzene rings is 2. The third-order valence-corrected chi connectivity index (χ3v) is 17.0. The summed E-state index contributed by atoms with van der Waals surface area (Å²) in [4.78, 5) is 0. The van der Waals surface area contributed by atoms with E-state index < -0.39 is 7.26 Å². The van der Waals surface area contributed by atoms with Crippen molar-refractivity contribution in [1.29, 1.82) is 0 Å². The van der Waals surface area contributed by atoms with Gasteiger partial charge in [0.05, 0.1) is 0 Å². The molecule has 0 aliphatic carbocycles. The van der Waals surface area contributed by atoms with E-state index in [0.717, 1.165) is 17.0 Å². The van der Waals surface area contributed by atoms with E-state index in [0.29, 0.717) is 0 Å². The summed E-state index contributed by atoms with van der Waals surface area (Å²) < 4.78 is 0. The van der Waals surface area contributed by atoms with E-state index in [-0.39, 0.29) is 7.92 Å². The summed E-state index contributed by atoms with van der Waals surface area (Å²) in [5.41, 5.74) is 5.61. The van der Waals surface area contributed by atoms with Gasteiger partial charge in [-0.15, -0.1) is 0 Å². The summed E-state index contributed by atoms with van der Waals surface area (Å²) in [7, 11) is -1.43. The minimum absolute atomic E-state index is 0.163. The maximum atomic E-state index is 2.85. The van der Waals surface area contributed by atoms with Crippen molar-refractivity contribution in [1.82, 2.24) is 0 Å². The van der Waals surface area contributed by atoms with E-state index in [9.17, 15) is 0 Å². The fourth-order valence-corrected chi connectivity index (χ4v) is 14.7. The molecule has 4 rings (SSSR count). The predicted molar refractivity (Wildman–Crippen MR) is 131 cm³/mol. The first-order valence-electron chi connectivity index (χ1n) is 11.2. The van der Waals surface area contributed by atoms with Crippen LogP contribution >= 0.6 is 15.2 Å². The Morgan fingerprint density at radius 3 is 1.96 bits per heavy atom. The molecule has 2 aliphatic rings. The van der Waals surface area contributed by atoms with Crippen LogP contribution in [-0.2, 0) is 0 Å². The van der Waals surface area contributed by atoms with Gasteiger partial charge in [-0.2, -0.15) is 0 Å². The molecule has 0 radical (unpaired) electrons. The fourth-order valence-electron chi connectivity index (χ4n) is 5.82. The van der Waals surface area contributed by atoms with Crippen LogP contribution < -0.4 is 0 Å². The molecule has 2 heterocycles. The molecule has 2 saturated heterocycles. The van der Waals surface area contributed by atoms with E-state index in [2.05, 4.69) is 87.0 Å². The van der Waals surface area contributed by atoms with Crippen molar-refractivity contribution in [2.45, 2.75) is 62.9 Å². The SMILES string of the molecule is CC[C@@H]1CCC[PH]1(C)/C(C)=C\P1[C@H](c2ccccc2)CC[C@H]1c1ccccc1. The Bertz CT molecular complexity index is 750. The summed E-state index contributed by atoms with van der Waals surface area (Å²) in [5.74, 6) is 2.85. The molecule has 0 aromatic heterocycles. The van der Waals surface area contributed by atoms with Gasteiger partial charge in [0.2, 0.25) is 0 Å². The van der Waals surface area contributed by atoms with Crippen LogP contribution in [0.2, 0.25) is 0 Å². The van der Waals surface area contributed by atoms with Crippen molar-refractivity contribution < 1.29 is 0 Å². The molecule has 0 bridgehead atoms. The molecule has 0 spiro atoms. The predicted octanol–water partition coefficient (Wildman–Crippen LogP) is 8.56. The maximum absolute atomic E-state index is 2.85. The zero-order chi connectivity index (χ0) is 19.6. The first-order chi connectivity index (χ1) is 13.6. The Balaban J connectivity index is 1.71. The number of rotatable bonds is 5. The Morgan fingerprint density at radius 1 is 0.929 bits per heavy atom. The van der Waals surface area contributed by atoms with Crippen molar-refractivity contribution in [2.24, 2.45) is 0 Å². The molecule has 0 amide bonds. The molecular formula is C26H36P2. The van der Waals surface area contributed by atoms with Crippen molar-refractivity contribution in [3.63, 3.8) is 0 Å². The van der Waals surface area contributed by atoms with E-state index in [1.54, 1.807) is 11.1 Å². The standard InChI is InChI=1S/C26H36P2/c1-4-24-16-11-19-28(24,3)21(2)20-27-25(22-12-7-5-8-13-22)17-18-26(27)23-14-9-6-10-15-23/h5-10,12-15,20,24-26,28H,4,11,16-19H2,1-3H3/b21-20-/t24-,25+,26+/m1/s1. The molecule has 0 nitrogen and oxygen atoms in total. The third kappa shape index (κ3) is 3.88. The number of hydrogen-bond donors (Lipinski definition) is 0. The summed E-state index contributed by atoms with van der Waals surface area (Å²) in [6.07, 6.45) is 8.53. The van der Waals surface area contributed by atoms with Crippen LogP contribution in [0, 0.1) is 0 Å². The molecule has 0 unspecified atom stereocenters. The molecule has 3 atom stereocenters. The topological polar surface area (TPSA) is 0 Å². The molecule has 28 heavy (non-hydrogen) atoms. The van der Waals surface area contributed by atoms with Gasteiger partial charge in [0.1, 0.15) is 0 Å². The van der Waals surface area contributed by atoms with Gasteiger partial charge in [0.25, 0.3) is 0 Å². The van der Waals surface area contributed by atoms with Crippen molar-refractivity contribution in [3.8, 4) is 0 Å². The van der Waals surface area contributed by atoms with Crippen LogP contribution in [0.3, 0.4) is 0 Å². The first-order valence-corrected chi connectivity index (χ1v) is 15.5. The van der Waals surface area contributed by atoms with E-state index >= 15 is 0 Å². The van der Waals surface area contributed by atoms with Crippen LogP contribution in [0.1, 0.15) is 68.4 Å². The second-order valence-corrected chi connectivity index (χ2v) is 16.4. The second-order valence-electron chi connectivity index (χ2n) is 9.10. The number of hydrogen-bond acceptors (Lipinski definition) is 0. The van der Waals surface area contributed by atoms with Gasteiger partial charge in [-0.3, -0.25) is 0 Å². The Morgan fingerprint density at radius 2 is 1.46 bits per heavy atom. The Kier molecular flexibility index (Phi) is 6.40. The normalized spacial score (nSPS) is 29.1. The number of allylic oxidation sites excluding steroid dienone is 1. The van der Waals surface area contributed by atoms with Crippen LogP contribution in [0.5, 0.6) is 0 Å². The summed E-state index contributed by atoms with van der Waals surface area (Å²) in [6.45, 7) is 7.64. The molecular weight excluding hydrogens is 374 g/mol. The minimum atomic E-state index is -1.27.